The van der Waals surface area contributed by atoms with Crippen LogP contribution in [0.3, 0.4) is 0 Å². The summed E-state index contributed by atoms with van der Waals surface area (Å²) in [6.07, 6.45) is 3.19. The van der Waals surface area contributed by atoms with E-state index in [1.165, 1.54) is 5.56 Å². The Morgan fingerprint density at radius 2 is 2.11 bits per heavy atom. The van der Waals surface area contributed by atoms with E-state index in [0.29, 0.717) is 5.56 Å². The van der Waals surface area contributed by atoms with E-state index >= 15 is 0 Å². The molecule has 0 bridgehead atoms. The first-order valence-corrected chi connectivity index (χ1v) is 7.11. The topological polar surface area (TPSA) is 42.0 Å². The number of amides is 1. The van der Waals surface area contributed by atoms with Crippen molar-refractivity contribution in [1.29, 1.82) is 0 Å². The van der Waals surface area contributed by atoms with E-state index in [1.807, 2.05) is 25.1 Å². The molecule has 0 saturated heterocycles. The molecule has 1 heterocycles. The predicted molar refractivity (Wildman–Crippen MR) is 83.8 cm³/mol. The van der Waals surface area contributed by atoms with Crippen LogP contribution >= 0.6 is 38.5 Å². The molecule has 0 radical (unpaired) electrons. The number of benzene rings is 1. The van der Waals surface area contributed by atoms with Crippen molar-refractivity contribution in [2.45, 2.75) is 6.92 Å². The highest BCUT2D eigenvalue weighted by molar-refractivity contribution is 14.1. The number of hydrogen-bond acceptors (Lipinski definition) is 2. The molecule has 1 N–H and O–H groups in total. The number of halogens is 2. The molecule has 0 unspecified atom stereocenters. The van der Waals surface area contributed by atoms with Crippen LogP contribution in [-0.2, 0) is 0 Å². The van der Waals surface area contributed by atoms with E-state index in [-0.39, 0.29) is 5.91 Å². The van der Waals surface area contributed by atoms with Gasteiger partial charge in [-0.1, -0.05) is 6.07 Å². The molecule has 0 atom stereocenters. The van der Waals surface area contributed by atoms with Gasteiger partial charge in [0.25, 0.3) is 5.91 Å². The Hall–Kier alpha value is -0.950. The Bertz CT molecular complexity index is 601. The number of nitrogens with one attached hydrogen (secondary N) is 1. The number of carbonyl (C=O) groups excluding carboxylic acids is 1. The van der Waals surface area contributed by atoms with Crippen LogP contribution in [0.15, 0.2) is 41.1 Å². The van der Waals surface area contributed by atoms with Gasteiger partial charge in [-0.3, -0.25) is 9.78 Å². The smallest absolute Gasteiger partial charge is 0.257 e. The van der Waals surface area contributed by atoms with Gasteiger partial charge in [0.1, 0.15) is 0 Å². The van der Waals surface area contributed by atoms with Crippen LogP contribution in [0, 0.1) is 10.5 Å². The van der Waals surface area contributed by atoms with Crippen molar-refractivity contribution >= 4 is 50.1 Å². The van der Waals surface area contributed by atoms with Gasteiger partial charge < -0.3 is 5.32 Å². The van der Waals surface area contributed by atoms with Crippen molar-refractivity contribution in [3.05, 3.63) is 55.8 Å². The monoisotopic (exact) mass is 416 g/mol. The van der Waals surface area contributed by atoms with Crippen molar-refractivity contribution in [3.63, 3.8) is 0 Å². The Kier molecular flexibility index (Phi) is 4.34. The second-order valence-electron chi connectivity index (χ2n) is 3.81. The molecule has 0 saturated carbocycles. The summed E-state index contributed by atoms with van der Waals surface area (Å²) in [5.74, 6) is -0.163. The summed E-state index contributed by atoms with van der Waals surface area (Å²) in [5.41, 5.74) is 2.51. The molecule has 0 aliphatic heterocycles. The lowest BCUT2D eigenvalue weighted by Gasteiger charge is -2.07. The molecule has 1 aromatic carbocycles. The number of aromatic nitrogens is 1. The lowest BCUT2D eigenvalue weighted by atomic mass is 10.2. The SMILES string of the molecule is Cc1ccc(NC(=O)c2cncc(Br)c2)cc1I. The van der Waals surface area contributed by atoms with Gasteiger partial charge in [-0.25, -0.2) is 0 Å². The number of hydrogen-bond donors (Lipinski definition) is 1. The third kappa shape index (κ3) is 3.29. The summed E-state index contributed by atoms with van der Waals surface area (Å²) in [5, 5.41) is 2.85. The molecule has 5 heteroatoms. The molecular weight excluding hydrogens is 407 g/mol. The minimum atomic E-state index is -0.163. The van der Waals surface area contributed by atoms with E-state index in [0.717, 1.165) is 13.7 Å². The zero-order valence-corrected chi connectivity index (χ0v) is 13.3. The zero-order valence-electron chi connectivity index (χ0n) is 9.58. The van der Waals surface area contributed by atoms with Gasteiger partial charge in [0.05, 0.1) is 5.56 Å². The van der Waals surface area contributed by atoms with Crippen LogP contribution in [0.5, 0.6) is 0 Å². The Labute approximate surface area is 127 Å². The molecule has 0 aliphatic carbocycles. The second-order valence-corrected chi connectivity index (χ2v) is 5.89. The van der Waals surface area contributed by atoms with Crippen molar-refractivity contribution in [1.82, 2.24) is 4.98 Å². The standard InChI is InChI=1S/C13H10BrIN2O/c1-8-2-3-11(5-12(8)15)17-13(18)9-4-10(14)7-16-6-9/h2-7H,1H3,(H,17,18). The summed E-state index contributed by atoms with van der Waals surface area (Å²) in [7, 11) is 0. The van der Waals surface area contributed by atoms with Crippen molar-refractivity contribution in [3.8, 4) is 0 Å². The van der Waals surface area contributed by atoms with Gasteiger partial charge in [-0.15, -0.1) is 0 Å². The third-order valence-corrected chi connectivity index (χ3v) is 3.99. The summed E-state index contributed by atoms with van der Waals surface area (Å²) in [6, 6.07) is 7.55. The maximum absolute atomic E-state index is 12.0. The van der Waals surface area contributed by atoms with Gasteiger partial charge in [0.2, 0.25) is 0 Å². The highest BCUT2D eigenvalue weighted by Gasteiger charge is 2.07. The Morgan fingerprint density at radius 3 is 2.78 bits per heavy atom. The maximum Gasteiger partial charge on any atom is 0.257 e. The fraction of sp³-hybridized carbons (Fsp3) is 0.0769. The number of pyridine rings is 1. The first-order chi connectivity index (χ1) is 8.56. The Balaban J connectivity index is 2.18. The zero-order chi connectivity index (χ0) is 13.1. The van der Waals surface area contributed by atoms with Crippen molar-refractivity contribution in [2.24, 2.45) is 0 Å². The molecule has 1 aromatic heterocycles. The summed E-state index contributed by atoms with van der Waals surface area (Å²) >= 11 is 5.54. The molecule has 3 nitrogen and oxygen atoms in total. The molecule has 18 heavy (non-hydrogen) atoms. The van der Waals surface area contributed by atoms with Crippen molar-refractivity contribution < 1.29 is 4.79 Å². The van der Waals surface area contributed by atoms with Crippen LogP contribution < -0.4 is 5.32 Å². The van der Waals surface area contributed by atoms with Crippen LogP contribution in [-0.4, -0.2) is 10.9 Å². The molecule has 0 fully saturated rings. The van der Waals surface area contributed by atoms with Crippen LogP contribution in [0.25, 0.3) is 0 Å². The van der Waals surface area contributed by atoms with Crippen LogP contribution in [0.4, 0.5) is 5.69 Å². The largest absolute Gasteiger partial charge is 0.322 e. The average Bonchev–Trinajstić information content (AvgIpc) is 2.34. The molecule has 92 valence electrons. The van der Waals surface area contributed by atoms with Gasteiger partial charge in [-0.2, -0.15) is 0 Å². The highest BCUT2D eigenvalue weighted by Crippen LogP contribution is 2.18. The Morgan fingerprint density at radius 1 is 1.33 bits per heavy atom. The lowest BCUT2D eigenvalue weighted by molar-refractivity contribution is 0.102. The molecular formula is C13H10BrIN2O. The number of aryl methyl sites for hydroxylation is 1. The van der Waals surface area contributed by atoms with Crippen molar-refractivity contribution in [2.75, 3.05) is 5.32 Å². The molecule has 2 rings (SSSR count). The highest BCUT2D eigenvalue weighted by atomic mass is 127. The third-order valence-electron chi connectivity index (χ3n) is 2.40. The molecule has 0 spiro atoms. The van der Waals surface area contributed by atoms with E-state index in [2.05, 4.69) is 48.8 Å². The van der Waals surface area contributed by atoms with E-state index in [1.54, 1.807) is 18.5 Å². The second kappa shape index (κ2) is 5.79. The summed E-state index contributed by atoms with van der Waals surface area (Å²) < 4.78 is 1.91. The molecule has 0 aliphatic rings. The first kappa shape index (κ1) is 13.5. The van der Waals surface area contributed by atoms with Crippen LogP contribution in [0.1, 0.15) is 15.9 Å². The van der Waals surface area contributed by atoms with E-state index < -0.39 is 0 Å². The number of nitrogens with zero attached hydrogens (tertiary/aromatic N) is 1. The fourth-order valence-corrected chi connectivity index (χ4v) is 2.29. The van der Waals surface area contributed by atoms with E-state index in [4.69, 9.17) is 0 Å². The van der Waals surface area contributed by atoms with Gasteiger partial charge in [-0.05, 0) is 69.2 Å². The van der Waals surface area contributed by atoms with Gasteiger partial charge in [0, 0.05) is 26.1 Å². The molecule has 2 aromatic rings. The number of carbonyl (C=O) groups is 1. The minimum absolute atomic E-state index is 0.163. The normalized spacial score (nSPS) is 10.2. The molecule has 1 amide bonds. The fourth-order valence-electron chi connectivity index (χ4n) is 1.41. The quantitative estimate of drug-likeness (QED) is 0.751. The van der Waals surface area contributed by atoms with Crippen LogP contribution in [0.2, 0.25) is 0 Å². The lowest BCUT2D eigenvalue weighted by Crippen LogP contribution is -2.12. The van der Waals surface area contributed by atoms with E-state index in [9.17, 15) is 4.79 Å². The summed E-state index contributed by atoms with van der Waals surface area (Å²) in [4.78, 5) is 16.0. The predicted octanol–water partition coefficient (Wildman–Crippen LogP) is 4.01. The number of rotatable bonds is 2. The minimum Gasteiger partial charge on any atom is -0.322 e. The maximum atomic E-state index is 12.0. The van der Waals surface area contributed by atoms with Gasteiger partial charge in [0.15, 0.2) is 0 Å². The number of anilines is 1. The summed E-state index contributed by atoms with van der Waals surface area (Å²) in [6.45, 7) is 2.03. The van der Waals surface area contributed by atoms with Gasteiger partial charge >= 0.3 is 0 Å². The first-order valence-electron chi connectivity index (χ1n) is 5.24. The average molecular weight is 417 g/mol.